The summed E-state index contributed by atoms with van der Waals surface area (Å²) in [6.45, 7) is -0.127. The number of hydrogen-bond acceptors (Lipinski definition) is 5. The molecule has 0 radical (unpaired) electrons. The fraction of sp³-hybridized carbons (Fsp3) is 0.417. The number of carboxylic acid groups (broad SMARTS) is 1. The molecule has 21 heavy (non-hydrogen) atoms. The lowest BCUT2D eigenvalue weighted by Gasteiger charge is -2.18. The first-order chi connectivity index (χ1) is 9.80. The standard InChI is InChI=1S/C12H18N2O6S/c1-14(7-6-12(15)16)21(17,18)13-9-4-5-10(19-2)11(8-9)20-3/h4-5,8,13H,6-7H2,1-3H3,(H,15,16). The molecule has 0 aliphatic heterocycles. The van der Waals surface area contributed by atoms with E-state index in [-0.39, 0.29) is 18.7 Å². The van der Waals surface area contributed by atoms with Crippen molar-refractivity contribution in [1.29, 1.82) is 0 Å². The van der Waals surface area contributed by atoms with E-state index >= 15 is 0 Å². The molecule has 0 bridgehead atoms. The Morgan fingerprint density at radius 3 is 2.43 bits per heavy atom. The molecule has 1 aromatic carbocycles. The van der Waals surface area contributed by atoms with Gasteiger partial charge in [0.2, 0.25) is 0 Å². The van der Waals surface area contributed by atoms with Crippen LogP contribution in [0.1, 0.15) is 6.42 Å². The lowest BCUT2D eigenvalue weighted by molar-refractivity contribution is -0.137. The number of ether oxygens (including phenoxy) is 2. The molecule has 1 aromatic rings. The largest absolute Gasteiger partial charge is 0.493 e. The van der Waals surface area contributed by atoms with E-state index in [0.717, 1.165) is 4.31 Å². The van der Waals surface area contributed by atoms with Gasteiger partial charge in [-0.15, -0.1) is 0 Å². The number of methoxy groups -OCH3 is 2. The van der Waals surface area contributed by atoms with Gasteiger partial charge < -0.3 is 14.6 Å². The van der Waals surface area contributed by atoms with Gasteiger partial charge in [0.25, 0.3) is 0 Å². The third kappa shape index (κ3) is 4.80. The first kappa shape index (κ1) is 17.1. The van der Waals surface area contributed by atoms with Gasteiger partial charge in [0.05, 0.1) is 26.3 Å². The molecule has 118 valence electrons. The van der Waals surface area contributed by atoms with Crippen molar-refractivity contribution in [3.63, 3.8) is 0 Å². The van der Waals surface area contributed by atoms with Crippen molar-refractivity contribution in [3.8, 4) is 11.5 Å². The second-order valence-electron chi connectivity index (χ2n) is 4.14. The topological polar surface area (TPSA) is 105 Å². The summed E-state index contributed by atoms with van der Waals surface area (Å²) in [6.07, 6.45) is -0.274. The molecule has 0 aliphatic carbocycles. The zero-order valence-corrected chi connectivity index (χ0v) is 12.8. The van der Waals surface area contributed by atoms with E-state index in [1.165, 1.54) is 33.4 Å². The number of rotatable bonds is 8. The molecule has 9 heteroatoms. The molecule has 0 unspecified atom stereocenters. The van der Waals surface area contributed by atoms with Crippen LogP contribution >= 0.6 is 0 Å². The first-order valence-electron chi connectivity index (χ1n) is 5.98. The first-order valence-corrected chi connectivity index (χ1v) is 7.42. The number of carboxylic acids is 1. The third-order valence-electron chi connectivity index (χ3n) is 2.68. The number of hydrogen-bond donors (Lipinski definition) is 2. The molecule has 0 aliphatic rings. The lowest BCUT2D eigenvalue weighted by atomic mass is 10.3. The average Bonchev–Trinajstić information content (AvgIpc) is 2.43. The van der Waals surface area contributed by atoms with Crippen LogP contribution in [-0.2, 0) is 15.0 Å². The predicted molar refractivity (Wildman–Crippen MR) is 77.0 cm³/mol. The van der Waals surface area contributed by atoms with Gasteiger partial charge in [0.1, 0.15) is 0 Å². The van der Waals surface area contributed by atoms with Crippen molar-refractivity contribution < 1.29 is 27.8 Å². The molecule has 1 rings (SSSR count). The van der Waals surface area contributed by atoms with Gasteiger partial charge in [-0.25, -0.2) is 0 Å². The smallest absolute Gasteiger partial charge is 0.304 e. The number of nitrogens with one attached hydrogen (secondary N) is 1. The van der Waals surface area contributed by atoms with Crippen LogP contribution in [0.15, 0.2) is 18.2 Å². The van der Waals surface area contributed by atoms with E-state index in [9.17, 15) is 13.2 Å². The monoisotopic (exact) mass is 318 g/mol. The Morgan fingerprint density at radius 2 is 1.90 bits per heavy atom. The fourth-order valence-electron chi connectivity index (χ4n) is 1.50. The Bertz CT molecular complexity index is 602. The second-order valence-corrected chi connectivity index (χ2v) is 5.92. The van der Waals surface area contributed by atoms with Crippen LogP contribution in [-0.4, -0.2) is 51.6 Å². The normalized spacial score (nSPS) is 11.2. The molecule has 0 saturated heterocycles. The molecule has 0 atom stereocenters. The molecular weight excluding hydrogens is 300 g/mol. The summed E-state index contributed by atoms with van der Waals surface area (Å²) in [5.41, 5.74) is 0.287. The van der Waals surface area contributed by atoms with Gasteiger partial charge in [-0.1, -0.05) is 0 Å². The summed E-state index contributed by atoms with van der Waals surface area (Å²) in [5.74, 6) is -0.214. The Balaban J connectivity index is 2.86. The summed E-state index contributed by atoms with van der Waals surface area (Å²) in [5, 5.41) is 8.57. The minimum Gasteiger partial charge on any atom is -0.493 e. The molecule has 0 amide bonds. The van der Waals surface area contributed by atoms with E-state index in [1.54, 1.807) is 6.07 Å². The molecule has 0 fully saturated rings. The number of anilines is 1. The fourth-order valence-corrected chi connectivity index (χ4v) is 2.41. The summed E-state index contributed by atoms with van der Waals surface area (Å²) in [6, 6.07) is 4.55. The van der Waals surface area contributed by atoms with Crippen LogP contribution in [0.5, 0.6) is 11.5 Å². The summed E-state index contributed by atoms with van der Waals surface area (Å²) >= 11 is 0. The van der Waals surface area contributed by atoms with Gasteiger partial charge >= 0.3 is 16.2 Å². The SMILES string of the molecule is COc1ccc(NS(=O)(=O)N(C)CCC(=O)O)cc1OC. The summed E-state index contributed by atoms with van der Waals surface area (Å²) in [7, 11) is 0.381. The van der Waals surface area contributed by atoms with Crippen molar-refractivity contribution >= 4 is 21.9 Å². The van der Waals surface area contributed by atoms with Crippen LogP contribution in [0.3, 0.4) is 0 Å². The third-order valence-corrected chi connectivity index (χ3v) is 4.18. The highest BCUT2D eigenvalue weighted by Crippen LogP contribution is 2.30. The van der Waals surface area contributed by atoms with Gasteiger partial charge in [-0.2, -0.15) is 12.7 Å². The van der Waals surface area contributed by atoms with E-state index < -0.39 is 16.2 Å². The van der Waals surface area contributed by atoms with Crippen molar-refractivity contribution in [1.82, 2.24) is 4.31 Å². The molecule has 0 aromatic heterocycles. The number of carbonyl (C=O) groups is 1. The van der Waals surface area contributed by atoms with E-state index in [1.807, 2.05) is 0 Å². The highest BCUT2D eigenvalue weighted by atomic mass is 32.2. The van der Waals surface area contributed by atoms with Crippen LogP contribution in [0.25, 0.3) is 0 Å². The van der Waals surface area contributed by atoms with Crippen molar-refractivity contribution in [2.45, 2.75) is 6.42 Å². The highest BCUT2D eigenvalue weighted by molar-refractivity contribution is 7.90. The Hall–Kier alpha value is -2.00. The van der Waals surface area contributed by atoms with Crippen LogP contribution < -0.4 is 14.2 Å². The highest BCUT2D eigenvalue weighted by Gasteiger charge is 2.19. The van der Waals surface area contributed by atoms with E-state index in [4.69, 9.17) is 14.6 Å². The van der Waals surface area contributed by atoms with Crippen molar-refractivity contribution in [2.24, 2.45) is 0 Å². The average molecular weight is 318 g/mol. The Labute approximate surface area is 123 Å². The minimum absolute atomic E-state index is 0.127. The number of aliphatic carboxylic acids is 1. The van der Waals surface area contributed by atoms with Crippen LogP contribution in [0.2, 0.25) is 0 Å². The molecule has 8 nitrogen and oxygen atoms in total. The van der Waals surface area contributed by atoms with E-state index in [0.29, 0.717) is 11.5 Å². The molecular formula is C12H18N2O6S. The number of nitrogens with zero attached hydrogens (tertiary/aromatic N) is 1. The zero-order valence-electron chi connectivity index (χ0n) is 12.0. The lowest BCUT2D eigenvalue weighted by Crippen LogP contribution is -2.34. The Kier molecular flexibility index (Phi) is 5.79. The van der Waals surface area contributed by atoms with Gasteiger partial charge in [-0.05, 0) is 12.1 Å². The molecule has 0 spiro atoms. The molecule has 0 saturated carbocycles. The molecule has 0 heterocycles. The van der Waals surface area contributed by atoms with Gasteiger partial charge in [-0.3, -0.25) is 9.52 Å². The zero-order chi connectivity index (χ0) is 16.0. The molecule has 2 N–H and O–H groups in total. The quantitative estimate of drug-likeness (QED) is 0.733. The Morgan fingerprint density at radius 1 is 1.29 bits per heavy atom. The van der Waals surface area contributed by atoms with Crippen molar-refractivity contribution in [2.75, 3.05) is 32.5 Å². The van der Waals surface area contributed by atoms with Crippen LogP contribution in [0.4, 0.5) is 5.69 Å². The van der Waals surface area contributed by atoms with Gasteiger partial charge in [0.15, 0.2) is 11.5 Å². The summed E-state index contributed by atoms with van der Waals surface area (Å²) in [4.78, 5) is 10.5. The summed E-state index contributed by atoms with van der Waals surface area (Å²) < 4.78 is 37.4. The maximum absolute atomic E-state index is 12.0. The maximum atomic E-state index is 12.0. The maximum Gasteiger partial charge on any atom is 0.304 e. The van der Waals surface area contributed by atoms with Crippen LogP contribution in [0, 0.1) is 0 Å². The van der Waals surface area contributed by atoms with Crippen molar-refractivity contribution in [3.05, 3.63) is 18.2 Å². The second kappa shape index (κ2) is 7.14. The number of benzene rings is 1. The van der Waals surface area contributed by atoms with E-state index in [2.05, 4.69) is 4.72 Å². The predicted octanol–water partition coefficient (Wildman–Crippen LogP) is 0.767. The minimum atomic E-state index is -3.83. The van der Waals surface area contributed by atoms with Gasteiger partial charge in [0, 0.05) is 19.7 Å².